The van der Waals surface area contributed by atoms with Gasteiger partial charge in [0.25, 0.3) is 0 Å². The second kappa shape index (κ2) is 10.7. The van der Waals surface area contributed by atoms with Crippen molar-refractivity contribution in [3.63, 3.8) is 0 Å². The molecule has 2 heterocycles. The van der Waals surface area contributed by atoms with Crippen LogP contribution < -0.4 is 15.5 Å². The Morgan fingerprint density at radius 2 is 2.04 bits per heavy atom. The maximum absolute atomic E-state index is 5.80. The molecule has 26 heavy (non-hydrogen) atoms. The molecule has 2 atom stereocenters. The summed E-state index contributed by atoms with van der Waals surface area (Å²) in [5, 5.41) is 6.96. The van der Waals surface area contributed by atoms with Crippen LogP contribution in [0.1, 0.15) is 6.42 Å². The summed E-state index contributed by atoms with van der Waals surface area (Å²) in [5.41, 5.74) is 1.27. The van der Waals surface area contributed by atoms with Crippen molar-refractivity contribution in [1.82, 2.24) is 15.5 Å². The van der Waals surface area contributed by atoms with Gasteiger partial charge in [-0.05, 0) is 37.7 Å². The largest absolute Gasteiger partial charge is 0.374 e. The van der Waals surface area contributed by atoms with Gasteiger partial charge in [-0.2, -0.15) is 0 Å². The lowest BCUT2D eigenvalue weighted by Crippen LogP contribution is -2.50. The molecule has 2 saturated heterocycles. The molecule has 2 aliphatic rings. The fourth-order valence-electron chi connectivity index (χ4n) is 3.35. The molecule has 2 aliphatic heterocycles. The predicted molar refractivity (Wildman–Crippen MR) is 122 cm³/mol. The maximum Gasteiger partial charge on any atom is 0.191 e. The van der Waals surface area contributed by atoms with Gasteiger partial charge in [0.1, 0.15) is 0 Å². The molecule has 0 spiro atoms. The summed E-state index contributed by atoms with van der Waals surface area (Å²) in [6.07, 6.45) is 1.33. The molecule has 2 N–H and O–H groups in total. The first kappa shape index (κ1) is 21.7. The molecule has 0 radical (unpaired) electrons. The number of aliphatic imine (C=N–C) groups is 1. The van der Waals surface area contributed by atoms with Crippen LogP contribution >= 0.6 is 39.9 Å². The molecule has 0 bridgehead atoms. The van der Waals surface area contributed by atoms with Gasteiger partial charge < -0.3 is 25.2 Å². The van der Waals surface area contributed by atoms with Crippen LogP contribution in [0, 0.1) is 0 Å². The van der Waals surface area contributed by atoms with Crippen molar-refractivity contribution in [2.45, 2.75) is 18.6 Å². The Morgan fingerprint density at radius 3 is 2.73 bits per heavy atom. The van der Waals surface area contributed by atoms with Crippen molar-refractivity contribution in [2.24, 2.45) is 4.99 Å². The molecule has 146 valence electrons. The van der Waals surface area contributed by atoms with E-state index in [1.54, 1.807) is 0 Å². The van der Waals surface area contributed by atoms with Crippen molar-refractivity contribution in [3.8, 4) is 0 Å². The molecule has 3 rings (SSSR count). The number of ether oxygens (including phenoxy) is 1. The minimum absolute atomic E-state index is 0. The Bertz CT molecular complexity index is 585. The van der Waals surface area contributed by atoms with E-state index in [1.807, 2.05) is 7.05 Å². The van der Waals surface area contributed by atoms with Gasteiger partial charge in [0.2, 0.25) is 0 Å². The zero-order valence-electron chi connectivity index (χ0n) is 15.4. The molecule has 8 heteroatoms. The lowest BCUT2D eigenvalue weighted by atomic mass is 10.2. The van der Waals surface area contributed by atoms with Crippen molar-refractivity contribution >= 4 is 51.6 Å². The van der Waals surface area contributed by atoms with E-state index >= 15 is 0 Å². The first-order valence-corrected chi connectivity index (χ1v) is 9.71. The average Bonchev–Trinajstić information content (AvgIpc) is 3.08. The standard InChI is InChI=1S/C18H28BrN5O.HI/c1-20-18(21-11-17-13-23(2)9-10-25-17)22-15-7-8-24(12-15)16-5-3-14(19)4-6-16;/h3-6,15,17H,7-13H2,1-2H3,(H2,20,21,22);1H. The molecule has 6 nitrogen and oxygen atoms in total. The molecule has 1 aromatic rings. The van der Waals surface area contributed by atoms with E-state index in [0.717, 1.165) is 56.2 Å². The first-order valence-electron chi connectivity index (χ1n) is 8.92. The van der Waals surface area contributed by atoms with Gasteiger partial charge in [-0.15, -0.1) is 24.0 Å². The number of likely N-dealkylation sites (N-methyl/N-ethyl adjacent to an activating group) is 1. The molecule has 2 unspecified atom stereocenters. The van der Waals surface area contributed by atoms with Gasteiger partial charge in [0, 0.05) is 56.0 Å². The number of morpholine rings is 1. The topological polar surface area (TPSA) is 52.1 Å². The molecule has 1 aromatic carbocycles. The zero-order valence-corrected chi connectivity index (χ0v) is 19.4. The second-order valence-corrected chi connectivity index (χ2v) is 7.68. The van der Waals surface area contributed by atoms with E-state index in [4.69, 9.17) is 4.74 Å². The molecule has 0 amide bonds. The monoisotopic (exact) mass is 537 g/mol. The fourth-order valence-corrected chi connectivity index (χ4v) is 3.62. The van der Waals surface area contributed by atoms with Crippen molar-refractivity contribution < 1.29 is 4.74 Å². The van der Waals surface area contributed by atoms with E-state index in [-0.39, 0.29) is 30.1 Å². The summed E-state index contributed by atoms with van der Waals surface area (Å²) in [6, 6.07) is 8.92. The number of nitrogens with zero attached hydrogens (tertiary/aromatic N) is 3. The Hall–Kier alpha value is -0.580. The van der Waals surface area contributed by atoms with Crippen molar-refractivity contribution in [3.05, 3.63) is 28.7 Å². The van der Waals surface area contributed by atoms with Crippen molar-refractivity contribution in [2.75, 3.05) is 58.3 Å². The van der Waals surface area contributed by atoms with E-state index < -0.39 is 0 Å². The van der Waals surface area contributed by atoms with Crippen molar-refractivity contribution in [1.29, 1.82) is 0 Å². The summed E-state index contributed by atoms with van der Waals surface area (Å²) < 4.78 is 6.91. The summed E-state index contributed by atoms with van der Waals surface area (Å²) in [7, 11) is 3.96. The van der Waals surface area contributed by atoms with Crippen LogP contribution in [0.3, 0.4) is 0 Å². The number of hydrogen-bond acceptors (Lipinski definition) is 4. The molecule has 2 fully saturated rings. The number of benzene rings is 1. The zero-order chi connectivity index (χ0) is 17.6. The Labute approximate surface area is 181 Å². The van der Waals surface area contributed by atoms with Gasteiger partial charge in [-0.3, -0.25) is 4.99 Å². The van der Waals surface area contributed by atoms with Gasteiger partial charge >= 0.3 is 0 Å². The molecular formula is C18H29BrIN5O. The van der Waals surface area contributed by atoms with Crippen LogP contribution in [-0.2, 0) is 4.74 Å². The van der Waals surface area contributed by atoms with Crippen LogP contribution in [0.5, 0.6) is 0 Å². The van der Waals surface area contributed by atoms with E-state index in [1.165, 1.54) is 5.69 Å². The SMILES string of the molecule is CN=C(NCC1CN(C)CCO1)NC1CCN(c2ccc(Br)cc2)C1.I. The lowest BCUT2D eigenvalue weighted by molar-refractivity contribution is -0.0161. The molecule has 0 saturated carbocycles. The third kappa shape index (κ3) is 6.24. The van der Waals surface area contributed by atoms with Crippen LogP contribution in [0.25, 0.3) is 0 Å². The third-order valence-corrected chi connectivity index (χ3v) is 5.31. The predicted octanol–water partition coefficient (Wildman–Crippen LogP) is 2.14. The van der Waals surface area contributed by atoms with Crippen LogP contribution in [0.2, 0.25) is 0 Å². The second-order valence-electron chi connectivity index (χ2n) is 6.76. The first-order chi connectivity index (χ1) is 12.1. The highest BCUT2D eigenvalue weighted by Gasteiger charge is 2.24. The normalized spacial score (nSPS) is 24.3. The molecular weight excluding hydrogens is 509 g/mol. The Morgan fingerprint density at radius 1 is 1.27 bits per heavy atom. The number of rotatable bonds is 4. The number of hydrogen-bond donors (Lipinski definition) is 2. The third-order valence-electron chi connectivity index (χ3n) is 4.78. The van der Waals surface area contributed by atoms with Gasteiger partial charge in [0.05, 0.1) is 12.7 Å². The minimum atomic E-state index is 0. The Balaban J connectivity index is 0.00000243. The number of anilines is 1. The summed E-state index contributed by atoms with van der Waals surface area (Å²) in [6.45, 7) is 5.62. The van der Waals surface area contributed by atoms with E-state index in [0.29, 0.717) is 6.04 Å². The van der Waals surface area contributed by atoms with Crippen LogP contribution in [0.15, 0.2) is 33.7 Å². The number of nitrogens with one attached hydrogen (secondary N) is 2. The van der Waals surface area contributed by atoms with E-state index in [2.05, 4.69) is 72.7 Å². The summed E-state index contributed by atoms with van der Waals surface area (Å²) in [5.74, 6) is 0.861. The highest BCUT2D eigenvalue weighted by Crippen LogP contribution is 2.22. The lowest BCUT2D eigenvalue weighted by Gasteiger charge is -2.30. The van der Waals surface area contributed by atoms with E-state index in [9.17, 15) is 0 Å². The smallest absolute Gasteiger partial charge is 0.191 e. The quantitative estimate of drug-likeness (QED) is 0.350. The van der Waals surface area contributed by atoms with Crippen LogP contribution in [-0.4, -0.2) is 76.4 Å². The molecule has 0 aromatic heterocycles. The van der Waals surface area contributed by atoms with Crippen LogP contribution in [0.4, 0.5) is 5.69 Å². The van der Waals surface area contributed by atoms with Gasteiger partial charge in [0.15, 0.2) is 5.96 Å². The Kier molecular flexibility index (Phi) is 8.92. The molecule has 0 aliphatic carbocycles. The fraction of sp³-hybridized carbons (Fsp3) is 0.611. The minimum Gasteiger partial charge on any atom is -0.374 e. The number of halogens is 2. The summed E-state index contributed by atoms with van der Waals surface area (Å²) in [4.78, 5) is 9.08. The highest BCUT2D eigenvalue weighted by molar-refractivity contribution is 14.0. The average molecular weight is 538 g/mol. The maximum atomic E-state index is 5.80. The summed E-state index contributed by atoms with van der Waals surface area (Å²) >= 11 is 3.49. The number of guanidine groups is 1. The highest BCUT2D eigenvalue weighted by atomic mass is 127. The van der Waals surface area contributed by atoms with Gasteiger partial charge in [-0.1, -0.05) is 15.9 Å². The van der Waals surface area contributed by atoms with Gasteiger partial charge in [-0.25, -0.2) is 0 Å².